The number of phenolic OH excluding ortho intramolecular Hbond substituents is 1. The van der Waals surface area contributed by atoms with Crippen LogP contribution in [0.1, 0.15) is 24.4 Å². The summed E-state index contributed by atoms with van der Waals surface area (Å²) in [6.45, 7) is 1.29. The largest absolute Gasteiger partial charge is 0.505 e. The molecule has 1 aliphatic rings. The van der Waals surface area contributed by atoms with Crippen LogP contribution >= 0.6 is 11.6 Å². The van der Waals surface area contributed by atoms with E-state index in [1.807, 2.05) is 0 Å². The van der Waals surface area contributed by atoms with Gasteiger partial charge in [-0.05, 0) is 30.9 Å². The van der Waals surface area contributed by atoms with E-state index >= 15 is 0 Å². The predicted molar refractivity (Wildman–Crippen MR) is 63.5 cm³/mol. The third kappa shape index (κ3) is 2.54. The molecule has 0 radical (unpaired) electrons. The summed E-state index contributed by atoms with van der Waals surface area (Å²) in [6.07, 6.45) is 1.60. The molecule has 0 amide bonds. The molecule has 0 bridgehead atoms. The summed E-state index contributed by atoms with van der Waals surface area (Å²) in [5.41, 5.74) is 6.38. The Hall–Kier alpha value is -0.840. The molecule has 0 unspecified atom stereocenters. The Labute approximate surface area is 104 Å². The van der Waals surface area contributed by atoms with Gasteiger partial charge in [-0.3, -0.25) is 0 Å². The lowest BCUT2D eigenvalue weighted by molar-refractivity contribution is 0.0580. The first-order valence-electron chi connectivity index (χ1n) is 5.61. The second-order valence-electron chi connectivity index (χ2n) is 4.27. The fraction of sp³-hybridized carbons (Fsp3) is 0.500. The van der Waals surface area contributed by atoms with Gasteiger partial charge in [-0.2, -0.15) is 0 Å². The summed E-state index contributed by atoms with van der Waals surface area (Å²) in [7, 11) is 0. The van der Waals surface area contributed by atoms with Crippen LogP contribution < -0.4 is 5.73 Å². The number of nitrogens with two attached hydrogens (primary N) is 1. The molecule has 0 aliphatic carbocycles. The molecule has 1 aromatic rings. The van der Waals surface area contributed by atoms with E-state index in [2.05, 4.69) is 0 Å². The molecular weight excluding hydrogens is 245 g/mol. The molecule has 94 valence electrons. The zero-order valence-electron chi connectivity index (χ0n) is 9.33. The Kier molecular flexibility index (Phi) is 3.86. The van der Waals surface area contributed by atoms with Gasteiger partial charge in [-0.1, -0.05) is 11.6 Å². The number of hydrogen-bond acceptors (Lipinski definition) is 3. The minimum atomic E-state index is -0.688. The third-order valence-electron chi connectivity index (χ3n) is 3.22. The van der Waals surface area contributed by atoms with Crippen molar-refractivity contribution in [1.29, 1.82) is 0 Å². The molecule has 3 N–H and O–H groups in total. The number of rotatable bonds is 2. The summed E-state index contributed by atoms with van der Waals surface area (Å²) in [4.78, 5) is 0. The average molecular weight is 260 g/mol. The molecule has 3 nitrogen and oxygen atoms in total. The van der Waals surface area contributed by atoms with Crippen LogP contribution in [-0.4, -0.2) is 18.3 Å². The predicted octanol–water partition coefficient (Wildman–Crippen LogP) is 2.61. The minimum absolute atomic E-state index is 0.161. The van der Waals surface area contributed by atoms with Crippen molar-refractivity contribution in [3.05, 3.63) is 28.5 Å². The lowest BCUT2D eigenvalue weighted by Crippen LogP contribution is -2.27. The monoisotopic (exact) mass is 259 g/mol. The zero-order valence-corrected chi connectivity index (χ0v) is 10.1. The van der Waals surface area contributed by atoms with E-state index in [4.69, 9.17) is 22.1 Å². The maximum Gasteiger partial charge on any atom is 0.165 e. The van der Waals surface area contributed by atoms with E-state index in [1.54, 1.807) is 0 Å². The average Bonchev–Trinajstić information content (AvgIpc) is 2.35. The van der Waals surface area contributed by atoms with Gasteiger partial charge in [0.2, 0.25) is 0 Å². The van der Waals surface area contributed by atoms with Crippen LogP contribution in [0.2, 0.25) is 5.02 Å². The van der Waals surface area contributed by atoms with Gasteiger partial charge >= 0.3 is 0 Å². The molecule has 2 rings (SSSR count). The molecule has 0 saturated carbocycles. The highest BCUT2D eigenvalue weighted by atomic mass is 35.5. The van der Waals surface area contributed by atoms with E-state index in [1.165, 1.54) is 6.07 Å². The molecule has 1 fully saturated rings. The molecule has 1 aliphatic heterocycles. The molecule has 1 saturated heterocycles. The first-order chi connectivity index (χ1) is 8.11. The summed E-state index contributed by atoms with van der Waals surface area (Å²) in [5, 5.41) is 10.0. The highest BCUT2D eigenvalue weighted by molar-refractivity contribution is 6.31. The lowest BCUT2D eigenvalue weighted by Gasteiger charge is -2.28. The van der Waals surface area contributed by atoms with Crippen LogP contribution in [0.15, 0.2) is 12.1 Å². The minimum Gasteiger partial charge on any atom is -0.505 e. The highest BCUT2D eigenvalue weighted by Crippen LogP contribution is 2.38. The Bertz CT molecular complexity index is 408. The van der Waals surface area contributed by atoms with Crippen molar-refractivity contribution in [3.8, 4) is 5.75 Å². The molecule has 0 aromatic heterocycles. The first-order valence-corrected chi connectivity index (χ1v) is 5.99. The van der Waals surface area contributed by atoms with E-state index in [9.17, 15) is 9.50 Å². The SMILES string of the molecule is N[C@H](c1c(Cl)ccc(F)c1O)C1CCOCC1. The van der Waals surface area contributed by atoms with Crippen molar-refractivity contribution in [2.75, 3.05) is 13.2 Å². The molecular formula is C12H15ClFNO2. The Morgan fingerprint density at radius 2 is 2.06 bits per heavy atom. The molecule has 17 heavy (non-hydrogen) atoms. The van der Waals surface area contributed by atoms with Crippen molar-refractivity contribution in [2.24, 2.45) is 11.7 Å². The van der Waals surface area contributed by atoms with E-state index in [0.717, 1.165) is 18.9 Å². The standard InChI is InChI=1S/C12H15ClFNO2/c13-8-1-2-9(14)12(16)10(8)11(15)7-3-5-17-6-4-7/h1-2,7,11,16H,3-6,15H2/t11-/m0/s1. The molecule has 1 heterocycles. The number of ether oxygens (including phenoxy) is 1. The second-order valence-corrected chi connectivity index (χ2v) is 4.67. The number of hydrogen-bond donors (Lipinski definition) is 2. The summed E-state index contributed by atoms with van der Waals surface area (Å²) in [5.74, 6) is -0.961. The normalized spacial score (nSPS) is 19.2. The summed E-state index contributed by atoms with van der Waals surface area (Å²) >= 11 is 5.98. The molecule has 0 spiro atoms. The highest BCUT2D eigenvalue weighted by Gasteiger charge is 2.27. The van der Waals surface area contributed by atoms with Crippen LogP contribution in [0.4, 0.5) is 4.39 Å². The fourth-order valence-electron chi connectivity index (χ4n) is 2.18. The van der Waals surface area contributed by atoms with Crippen molar-refractivity contribution in [2.45, 2.75) is 18.9 Å². The molecule has 5 heteroatoms. The second kappa shape index (κ2) is 5.21. The van der Waals surface area contributed by atoms with Crippen LogP contribution in [-0.2, 0) is 4.74 Å². The topological polar surface area (TPSA) is 55.5 Å². The van der Waals surface area contributed by atoms with Gasteiger partial charge in [0, 0.05) is 29.8 Å². The van der Waals surface area contributed by atoms with Gasteiger partial charge in [-0.15, -0.1) is 0 Å². The quantitative estimate of drug-likeness (QED) is 0.858. The van der Waals surface area contributed by atoms with Gasteiger partial charge in [0.05, 0.1) is 0 Å². The van der Waals surface area contributed by atoms with Crippen LogP contribution in [0.5, 0.6) is 5.75 Å². The van der Waals surface area contributed by atoms with Crippen LogP contribution in [0.3, 0.4) is 0 Å². The third-order valence-corrected chi connectivity index (χ3v) is 3.55. The number of benzene rings is 1. The maximum absolute atomic E-state index is 13.3. The first kappa shape index (κ1) is 12.6. The van der Waals surface area contributed by atoms with Crippen molar-refractivity contribution >= 4 is 11.6 Å². The van der Waals surface area contributed by atoms with Crippen molar-refractivity contribution < 1.29 is 14.2 Å². The van der Waals surface area contributed by atoms with Crippen LogP contribution in [0.25, 0.3) is 0 Å². The smallest absolute Gasteiger partial charge is 0.165 e. The number of aromatic hydroxyl groups is 1. The number of phenols is 1. The van der Waals surface area contributed by atoms with Gasteiger partial charge in [-0.25, -0.2) is 4.39 Å². The lowest BCUT2D eigenvalue weighted by atomic mass is 9.87. The maximum atomic E-state index is 13.3. The van der Waals surface area contributed by atoms with E-state index < -0.39 is 17.6 Å². The van der Waals surface area contributed by atoms with Crippen molar-refractivity contribution in [1.82, 2.24) is 0 Å². The van der Waals surface area contributed by atoms with Gasteiger partial charge < -0.3 is 15.6 Å². The Morgan fingerprint density at radius 3 is 2.71 bits per heavy atom. The Morgan fingerprint density at radius 1 is 1.41 bits per heavy atom. The van der Waals surface area contributed by atoms with Crippen molar-refractivity contribution in [3.63, 3.8) is 0 Å². The summed E-state index contributed by atoms with van der Waals surface area (Å²) < 4.78 is 18.5. The molecule has 1 aromatic carbocycles. The zero-order chi connectivity index (χ0) is 12.4. The summed E-state index contributed by atoms with van der Waals surface area (Å²) in [6, 6.07) is 2.10. The molecule has 1 atom stereocenters. The fourth-order valence-corrected chi connectivity index (χ4v) is 2.46. The van der Waals surface area contributed by atoms with Gasteiger partial charge in [0.15, 0.2) is 11.6 Å². The van der Waals surface area contributed by atoms with E-state index in [-0.39, 0.29) is 5.92 Å². The van der Waals surface area contributed by atoms with E-state index in [0.29, 0.717) is 23.8 Å². The van der Waals surface area contributed by atoms with Gasteiger partial charge in [0.25, 0.3) is 0 Å². The van der Waals surface area contributed by atoms with Crippen LogP contribution in [0, 0.1) is 11.7 Å². The van der Waals surface area contributed by atoms with Gasteiger partial charge in [0.1, 0.15) is 0 Å². The number of halogens is 2. The Balaban J connectivity index is 2.29.